The Labute approximate surface area is 137 Å². The standard InChI is InChI=1S/C19H23NO3/c1-20(22-2)19(21)14-13-18(17-11-7-4-8-12-17)23-15-16-9-5-3-6-10-16/h3-12,18H,13-15H2,1-2H3. The van der Waals surface area contributed by atoms with Gasteiger partial charge in [0.25, 0.3) is 0 Å². The van der Waals surface area contributed by atoms with Crippen LogP contribution < -0.4 is 0 Å². The molecule has 2 rings (SSSR count). The van der Waals surface area contributed by atoms with Gasteiger partial charge in [0.2, 0.25) is 5.91 Å². The molecule has 0 N–H and O–H groups in total. The number of ether oxygens (including phenoxy) is 1. The number of carbonyl (C=O) groups excluding carboxylic acids is 1. The van der Waals surface area contributed by atoms with Crippen LogP contribution in [0.2, 0.25) is 0 Å². The van der Waals surface area contributed by atoms with Crippen LogP contribution in [0.5, 0.6) is 0 Å². The van der Waals surface area contributed by atoms with Gasteiger partial charge in [-0.2, -0.15) is 0 Å². The molecular formula is C19H23NO3. The lowest BCUT2D eigenvalue weighted by Crippen LogP contribution is -2.25. The quantitative estimate of drug-likeness (QED) is 0.697. The minimum Gasteiger partial charge on any atom is -0.369 e. The first-order valence-electron chi connectivity index (χ1n) is 7.72. The number of hydrogen-bond acceptors (Lipinski definition) is 3. The second-order valence-electron chi connectivity index (χ2n) is 5.31. The van der Waals surface area contributed by atoms with Crippen molar-refractivity contribution in [2.24, 2.45) is 0 Å². The average molecular weight is 313 g/mol. The summed E-state index contributed by atoms with van der Waals surface area (Å²) in [5, 5.41) is 1.25. The molecule has 0 saturated carbocycles. The van der Waals surface area contributed by atoms with Crippen LogP contribution >= 0.6 is 0 Å². The molecular weight excluding hydrogens is 290 g/mol. The monoisotopic (exact) mass is 313 g/mol. The maximum Gasteiger partial charge on any atom is 0.245 e. The Morgan fingerprint density at radius 2 is 1.65 bits per heavy atom. The van der Waals surface area contributed by atoms with Gasteiger partial charge in [0.15, 0.2) is 0 Å². The van der Waals surface area contributed by atoms with Crippen molar-refractivity contribution in [1.29, 1.82) is 0 Å². The first kappa shape index (κ1) is 17.2. The molecule has 1 unspecified atom stereocenters. The van der Waals surface area contributed by atoms with E-state index >= 15 is 0 Å². The van der Waals surface area contributed by atoms with Gasteiger partial charge in [0.1, 0.15) is 0 Å². The van der Waals surface area contributed by atoms with Gasteiger partial charge >= 0.3 is 0 Å². The van der Waals surface area contributed by atoms with Gasteiger partial charge in [-0.15, -0.1) is 0 Å². The first-order chi connectivity index (χ1) is 11.2. The zero-order valence-corrected chi connectivity index (χ0v) is 13.6. The smallest absolute Gasteiger partial charge is 0.245 e. The van der Waals surface area contributed by atoms with Crippen molar-refractivity contribution < 1.29 is 14.4 Å². The van der Waals surface area contributed by atoms with Crippen LogP contribution in [-0.2, 0) is 21.0 Å². The number of hydrogen-bond donors (Lipinski definition) is 0. The lowest BCUT2D eigenvalue weighted by atomic mass is 10.0. The Balaban J connectivity index is 1.99. The van der Waals surface area contributed by atoms with Crippen LogP contribution in [0.15, 0.2) is 60.7 Å². The topological polar surface area (TPSA) is 38.8 Å². The van der Waals surface area contributed by atoms with Gasteiger partial charge in [0.05, 0.1) is 19.8 Å². The number of carbonyl (C=O) groups is 1. The summed E-state index contributed by atoms with van der Waals surface area (Å²) < 4.78 is 6.07. The second-order valence-corrected chi connectivity index (χ2v) is 5.31. The molecule has 1 atom stereocenters. The predicted octanol–water partition coefficient (Wildman–Crippen LogP) is 3.74. The van der Waals surface area contributed by atoms with Crippen molar-refractivity contribution >= 4 is 5.91 Å². The Morgan fingerprint density at radius 3 is 2.26 bits per heavy atom. The molecule has 23 heavy (non-hydrogen) atoms. The number of benzene rings is 2. The van der Waals surface area contributed by atoms with Crippen molar-refractivity contribution in [2.75, 3.05) is 14.2 Å². The fourth-order valence-corrected chi connectivity index (χ4v) is 2.30. The summed E-state index contributed by atoms with van der Waals surface area (Å²) >= 11 is 0. The number of nitrogens with zero attached hydrogens (tertiary/aromatic N) is 1. The number of amides is 1. The Hall–Kier alpha value is -2.17. The third-order valence-electron chi connectivity index (χ3n) is 3.71. The van der Waals surface area contributed by atoms with Gasteiger partial charge in [-0.1, -0.05) is 60.7 Å². The van der Waals surface area contributed by atoms with Gasteiger partial charge in [0, 0.05) is 13.5 Å². The summed E-state index contributed by atoms with van der Waals surface area (Å²) in [6.07, 6.45) is 0.868. The van der Waals surface area contributed by atoms with Crippen molar-refractivity contribution in [1.82, 2.24) is 5.06 Å². The molecule has 0 aliphatic rings. The van der Waals surface area contributed by atoms with Crippen LogP contribution in [0.1, 0.15) is 30.1 Å². The molecule has 0 aromatic heterocycles. The van der Waals surface area contributed by atoms with E-state index in [1.807, 2.05) is 60.7 Å². The summed E-state index contributed by atoms with van der Waals surface area (Å²) in [4.78, 5) is 16.9. The fraction of sp³-hybridized carbons (Fsp3) is 0.316. The molecule has 0 heterocycles. The Kier molecular flexibility index (Phi) is 6.78. The molecule has 0 bridgehead atoms. The summed E-state index contributed by atoms with van der Waals surface area (Å²) in [6.45, 7) is 0.523. The molecule has 2 aromatic carbocycles. The van der Waals surface area contributed by atoms with Crippen molar-refractivity contribution in [3.63, 3.8) is 0 Å². The van der Waals surface area contributed by atoms with Crippen molar-refractivity contribution in [3.05, 3.63) is 71.8 Å². The van der Waals surface area contributed by atoms with Crippen LogP contribution in [0.3, 0.4) is 0 Å². The second kappa shape index (κ2) is 9.08. The van der Waals surface area contributed by atoms with E-state index in [9.17, 15) is 4.79 Å². The highest BCUT2D eigenvalue weighted by Gasteiger charge is 2.16. The van der Waals surface area contributed by atoms with Crippen LogP contribution in [0.25, 0.3) is 0 Å². The number of hydroxylamine groups is 2. The summed E-state index contributed by atoms with van der Waals surface area (Å²) in [6, 6.07) is 20.0. The number of rotatable bonds is 8. The van der Waals surface area contributed by atoms with Gasteiger partial charge in [-0.25, -0.2) is 5.06 Å². The van der Waals surface area contributed by atoms with Gasteiger partial charge < -0.3 is 4.74 Å². The van der Waals surface area contributed by atoms with Crippen molar-refractivity contribution in [3.8, 4) is 0 Å². The average Bonchev–Trinajstić information content (AvgIpc) is 2.62. The highest BCUT2D eigenvalue weighted by Crippen LogP contribution is 2.24. The largest absolute Gasteiger partial charge is 0.369 e. The molecule has 0 aliphatic carbocycles. The van der Waals surface area contributed by atoms with E-state index in [1.54, 1.807) is 7.05 Å². The van der Waals surface area contributed by atoms with E-state index in [1.165, 1.54) is 12.2 Å². The summed E-state index contributed by atoms with van der Waals surface area (Å²) in [5.41, 5.74) is 2.20. The van der Waals surface area contributed by atoms with E-state index in [4.69, 9.17) is 9.57 Å². The van der Waals surface area contributed by atoms with Crippen LogP contribution in [-0.4, -0.2) is 25.1 Å². The Morgan fingerprint density at radius 1 is 1.04 bits per heavy atom. The highest BCUT2D eigenvalue weighted by atomic mass is 16.7. The maximum atomic E-state index is 11.9. The SMILES string of the molecule is CON(C)C(=O)CCC(OCc1ccccc1)c1ccccc1. The maximum absolute atomic E-state index is 11.9. The fourth-order valence-electron chi connectivity index (χ4n) is 2.30. The molecule has 2 aromatic rings. The summed E-state index contributed by atoms with van der Waals surface area (Å²) in [5.74, 6) is -0.0586. The van der Waals surface area contributed by atoms with E-state index in [2.05, 4.69) is 0 Å². The zero-order valence-electron chi connectivity index (χ0n) is 13.6. The molecule has 0 fully saturated rings. The lowest BCUT2D eigenvalue weighted by Gasteiger charge is -2.20. The molecule has 4 nitrogen and oxygen atoms in total. The van der Waals surface area contributed by atoms with E-state index in [0.717, 1.165) is 11.1 Å². The van der Waals surface area contributed by atoms with Gasteiger partial charge in [-0.3, -0.25) is 9.63 Å². The predicted molar refractivity (Wildman–Crippen MR) is 89.4 cm³/mol. The molecule has 0 aliphatic heterocycles. The van der Waals surface area contributed by atoms with E-state index in [0.29, 0.717) is 19.4 Å². The van der Waals surface area contributed by atoms with E-state index in [-0.39, 0.29) is 12.0 Å². The normalized spacial score (nSPS) is 11.9. The summed E-state index contributed by atoms with van der Waals surface area (Å²) in [7, 11) is 3.10. The van der Waals surface area contributed by atoms with Crippen LogP contribution in [0, 0.1) is 0 Å². The minimum absolute atomic E-state index is 0.0586. The Bertz CT molecular complexity index is 586. The molecule has 122 valence electrons. The molecule has 0 radical (unpaired) electrons. The molecule has 0 saturated heterocycles. The minimum atomic E-state index is -0.120. The first-order valence-corrected chi connectivity index (χ1v) is 7.72. The third kappa shape index (κ3) is 5.51. The highest BCUT2D eigenvalue weighted by molar-refractivity contribution is 5.74. The lowest BCUT2D eigenvalue weighted by molar-refractivity contribution is -0.169. The van der Waals surface area contributed by atoms with Gasteiger partial charge in [-0.05, 0) is 17.5 Å². The van der Waals surface area contributed by atoms with Crippen LogP contribution in [0.4, 0.5) is 0 Å². The van der Waals surface area contributed by atoms with Crippen molar-refractivity contribution in [2.45, 2.75) is 25.6 Å². The molecule has 4 heteroatoms. The zero-order chi connectivity index (χ0) is 16.5. The van der Waals surface area contributed by atoms with E-state index < -0.39 is 0 Å². The third-order valence-corrected chi connectivity index (χ3v) is 3.71. The molecule has 0 spiro atoms. The molecule has 1 amide bonds.